The van der Waals surface area contributed by atoms with Crippen molar-refractivity contribution in [1.29, 1.82) is 0 Å². The number of aliphatic hydroxyl groups is 2. The maximum Gasteiger partial charge on any atom is 0.385 e. The quantitative estimate of drug-likeness (QED) is 0.580. The van der Waals surface area contributed by atoms with Crippen molar-refractivity contribution in [3.05, 3.63) is 38.4 Å². The van der Waals surface area contributed by atoms with Crippen LogP contribution in [0.5, 0.6) is 0 Å². The minimum atomic E-state index is -6.86. The highest BCUT2D eigenvalue weighted by molar-refractivity contribution is 5.76. The van der Waals surface area contributed by atoms with Gasteiger partial charge in [-0.2, -0.15) is 35.1 Å². The van der Waals surface area contributed by atoms with Crippen LogP contribution < -0.4 is 11.2 Å². The molecule has 1 aliphatic heterocycles. The van der Waals surface area contributed by atoms with Crippen LogP contribution in [0.25, 0.3) is 5.57 Å². The third-order valence-electron chi connectivity index (χ3n) is 4.92. The average Bonchev–Trinajstić information content (AvgIpc) is 3.02. The summed E-state index contributed by atoms with van der Waals surface area (Å²) < 4.78 is 129. The molecule has 16 heteroatoms. The van der Waals surface area contributed by atoms with E-state index in [1.54, 1.807) is 0 Å². The van der Waals surface area contributed by atoms with Gasteiger partial charge in [0, 0.05) is 12.6 Å². The summed E-state index contributed by atoms with van der Waals surface area (Å²) in [5, 5.41) is 18.7. The molecule has 174 valence electrons. The molecule has 0 unspecified atom stereocenters. The molecular formula is C15H11F9N2O5. The van der Waals surface area contributed by atoms with Gasteiger partial charge in [0.2, 0.25) is 0 Å². The van der Waals surface area contributed by atoms with E-state index in [1.807, 2.05) is 0 Å². The highest BCUT2D eigenvalue weighted by Gasteiger charge is 2.86. The van der Waals surface area contributed by atoms with E-state index in [9.17, 15) is 54.2 Å². The first-order chi connectivity index (χ1) is 14.0. The average molecular weight is 470 g/mol. The van der Waals surface area contributed by atoms with E-state index in [2.05, 4.69) is 0 Å². The van der Waals surface area contributed by atoms with Crippen LogP contribution in [0.4, 0.5) is 39.5 Å². The summed E-state index contributed by atoms with van der Waals surface area (Å²) in [6.45, 7) is -0.798. The van der Waals surface area contributed by atoms with Gasteiger partial charge in [-0.3, -0.25) is 14.3 Å². The highest BCUT2D eigenvalue weighted by Crippen LogP contribution is 2.63. The van der Waals surface area contributed by atoms with Crippen LogP contribution in [0.3, 0.4) is 0 Å². The summed E-state index contributed by atoms with van der Waals surface area (Å²) in [5.41, 5.74) is -8.54. The first kappa shape index (κ1) is 23.3. The fraction of sp³-hybridized carbons (Fsp3) is 0.600. The number of nitrogens with zero attached hydrogens (tertiary/aromatic N) is 1. The Hall–Kier alpha value is -2.33. The Balaban J connectivity index is 2.27. The molecule has 1 aromatic heterocycles. The van der Waals surface area contributed by atoms with Crippen LogP contribution in [-0.2, 0) is 4.74 Å². The second-order valence-corrected chi connectivity index (χ2v) is 6.81. The van der Waals surface area contributed by atoms with Crippen molar-refractivity contribution in [3.63, 3.8) is 0 Å². The number of aliphatic hydroxyl groups excluding tert-OH is 2. The van der Waals surface area contributed by atoms with Gasteiger partial charge in [0.25, 0.3) is 5.56 Å². The molecule has 3 atom stereocenters. The topological polar surface area (TPSA) is 105 Å². The summed E-state index contributed by atoms with van der Waals surface area (Å²) in [7, 11) is 0. The monoisotopic (exact) mass is 470 g/mol. The van der Waals surface area contributed by atoms with Crippen LogP contribution >= 0.6 is 0 Å². The minimum Gasteiger partial charge on any atom is -0.394 e. The lowest BCUT2D eigenvalue weighted by Gasteiger charge is -2.41. The zero-order valence-corrected chi connectivity index (χ0v) is 14.7. The molecule has 1 saturated heterocycles. The number of allylic oxidation sites excluding steroid dienone is 2. The van der Waals surface area contributed by atoms with E-state index in [-0.39, 0.29) is 10.8 Å². The third-order valence-corrected chi connectivity index (χ3v) is 4.92. The lowest BCUT2D eigenvalue weighted by atomic mass is 9.82. The Morgan fingerprint density at radius 3 is 2.13 bits per heavy atom. The van der Waals surface area contributed by atoms with Crippen molar-refractivity contribution in [1.82, 2.24) is 9.55 Å². The molecule has 0 saturated carbocycles. The van der Waals surface area contributed by atoms with Crippen LogP contribution in [0.15, 0.2) is 21.6 Å². The molecule has 3 N–H and O–H groups in total. The predicted molar refractivity (Wildman–Crippen MR) is 80.8 cm³/mol. The van der Waals surface area contributed by atoms with Crippen molar-refractivity contribution in [2.24, 2.45) is 0 Å². The third kappa shape index (κ3) is 2.95. The van der Waals surface area contributed by atoms with Gasteiger partial charge in [0.1, 0.15) is 12.3 Å². The number of halogens is 9. The van der Waals surface area contributed by atoms with Crippen molar-refractivity contribution < 1.29 is 54.5 Å². The van der Waals surface area contributed by atoms with Gasteiger partial charge >= 0.3 is 29.4 Å². The molecule has 1 aliphatic carbocycles. The number of ether oxygens (including phenoxy) is 1. The minimum absolute atomic E-state index is 0.0588. The van der Waals surface area contributed by atoms with Gasteiger partial charge in [-0.15, -0.1) is 0 Å². The number of hydrogen-bond donors (Lipinski definition) is 3. The molecule has 7 nitrogen and oxygen atoms in total. The number of aromatic nitrogens is 2. The zero-order chi connectivity index (χ0) is 23.7. The number of aromatic amines is 1. The van der Waals surface area contributed by atoms with E-state index in [1.165, 1.54) is 4.98 Å². The second kappa shape index (κ2) is 6.83. The highest BCUT2D eigenvalue weighted by atomic mass is 19.4. The van der Waals surface area contributed by atoms with Crippen molar-refractivity contribution in [3.8, 4) is 0 Å². The first-order valence-corrected chi connectivity index (χ1v) is 8.24. The van der Waals surface area contributed by atoms with Crippen molar-refractivity contribution >= 4 is 5.57 Å². The molecule has 0 bridgehead atoms. The fourth-order valence-electron chi connectivity index (χ4n) is 3.20. The molecular weight excluding hydrogens is 459 g/mol. The van der Waals surface area contributed by atoms with Gasteiger partial charge in [0.15, 0.2) is 5.83 Å². The zero-order valence-electron chi connectivity index (χ0n) is 14.7. The molecule has 0 aromatic carbocycles. The Kier molecular flexibility index (Phi) is 5.14. The lowest BCUT2D eigenvalue weighted by molar-refractivity contribution is -0.355. The largest absolute Gasteiger partial charge is 0.394 e. The van der Waals surface area contributed by atoms with Crippen LogP contribution in [0.2, 0.25) is 0 Å². The molecule has 3 rings (SSSR count). The normalized spacial score (nSPS) is 31.1. The van der Waals surface area contributed by atoms with E-state index < -0.39 is 83.4 Å². The second-order valence-electron chi connectivity index (χ2n) is 6.81. The fourth-order valence-corrected chi connectivity index (χ4v) is 3.20. The van der Waals surface area contributed by atoms with Crippen molar-refractivity contribution in [2.45, 2.75) is 48.5 Å². The van der Waals surface area contributed by atoms with Crippen LogP contribution in [0, 0.1) is 0 Å². The van der Waals surface area contributed by atoms with Crippen LogP contribution in [-0.4, -0.2) is 62.3 Å². The lowest BCUT2D eigenvalue weighted by Crippen LogP contribution is -2.66. The predicted octanol–water partition coefficient (Wildman–Crippen LogP) is 1.41. The molecule has 0 amide bonds. The Labute approximate surface area is 164 Å². The number of nitrogens with one attached hydrogen (secondary N) is 1. The smallest absolute Gasteiger partial charge is 0.385 e. The maximum atomic E-state index is 14.2. The molecule has 2 heterocycles. The van der Waals surface area contributed by atoms with Crippen molar-refractivity contribution in [2.75, 3.05) is 6.61 Å². The standard InChI is InChI=1S/C15H11F9N2O5/c16-9-8(12(17,18)14(21,22)15(23,24)13(9,19)20)4-2-26(11(30)25-10(4)29)7-1-5(28)6(3-27)31-7/h2,5-7,27-28H,1,3H2,(H,25,29,30)/t5-,6+,7+/m0/s1. The number of alkyl halides is 8. The summed E-state index contributed by atoms with van der Waals surface area (Å²) in [5.74, 6) is -30.1. The SMILES string of the molecule is O=c1[nH]c(=O)n([C@H]2C[C@H](O)[C@@H](CO)O2)cc1C1=C(F)C(F)(F)C(F)(F)C(F)(F)C1(F)F. The number of hydrogen-bond acceptors (Lipinski definition) is 5. The van der Waals surface area contributed by atoms with Crippen LogP contribution in [0.1, 0.15) is 18.2 Å². The van der Waals surface area contributed by atoms with Gasteiger partial charge in [0.05, 0.1) is 23.8 Å². The van der Waals surface area contributed by atoms with E-state index in [4.69, 9.17) is 9.84 Å². The summed E-state index contributed by atoms with van der Waals surface area (Å²) in [4.78, 5) is 25.1. The first-order valence-electron chi connectivity index (χ1n) is 8.24. The molecule has 0 spiro atoms. The maximum absolute atomic E-state index is 14.2. The Bertz CT molecular complexity index is 1050. The van der Waals surface area contributed by atoms with Gasteiger partial charge in [-0.05, 0) is 0 Å². The summed E-state index contributed by atoms with van der Waals surface area (Å²) in [6, 6.07) is 0. The number of H-pyrrole nitrogens is 1. The summed E-state index contributed by atoms with van der Waals surface area (Å²) >= 11 is 0. The molecule has 1 fully saturated rings. The van der Waals surface area contributed by atoms with Gasteiger partial charge < -0.3 is 14.9 Å². The molecule has 1 aromatic rings. The number of rotatable bonds is 3. The van der Waals surface area contributed by atoms with E-state index >= 15 is 0 Å². The summed E-state index contributed by atoms with van der Waals surface area (Å²) in [6.07, 6.45) is -4.97. The van der Waals surface area contributed by atoms with E-state index in [0.29, 0.717) is 0 Å². The molecule has 31 heavy (non-hydrogen) atoms. The molecule has 0 radical (unpaired) electrons. The Morgan fingerprint density at radius 1 is 1.06 bits per heavy atom. The van der Waals surface area contributed by atoms with Gasteiger partial charge in [-0.25, -0.2) is 9.18 Å². The molecule has 2 aliphatic rings. The van der Waals surface area contributed by atoms with Gasteiger partial charge in [-0.1, -0.05) is 0 Å². The van der Waals surface area contributed by atoms with E-state index in [0.717, 1.165) is 0 Å². The Morgan fingerprint density at radius 2 is 1.61 bits per heavy atom.